The van der Waals surface area contributed by atoms with Gasteiger partial charge in [-0.25, -0.2) is 0 Å². The number of benzene rings is 2. The van der Waals surface area contributed by atoms with Gasteiger partial charge in [0.2, 0.25) is 5.91 Å². The van der Waals surface area contributed by atoms with E-state index >= 15 is 0 Å². The summed E-state index contributed by atoms with van der Waals surface area (Å²) in [5, 5.41) is 3.74. The minimum Gasteiger partial charge on any atom is -0.352 e. The molecule has 0 aliphatic carbocycles. The first kappa shape index (κ1) is 27.8. The number of pyridine rings is 1. The largest absolute Gasteiger partial charge is 0.352 e. The molecule has 38 heavy (non-hydrogen) atoms. The highest BCUT2D eigenvalue weighted by Gasteiger charge is 2.20. The van der Waals surface area contributed by atoms with Gasteiger partial charge in [0.1, 0.15) is 0 Å². The number of anilines is 1. The summed E-state index contributed by atoms with van der Waals surface area (Å²) in [6, 6.07) is 17.5. The van der Waals surface area contributed by atoms with E-state index in [-0.39, 0.29) is 11.8 Å². The molecule has 6 nitrogen and oxygen atoms in total. The Morgan fingerprint density at radius 2 is 1.76 bits per heavy atom. The lowest BCUT2D eigenvalue weighted by molar-refractivity contribution is -0.116. The third kappa shape index (κ3) is 7.89. The number of fused-ring (bicyclic) bond motifs is 1. The lowest BCUT2D eigenvalue weighted by atomic mass is 10.0. The molecule has 0 fully saturated rings. The molecule has 1 aliphatic heterocycles. The van der Waals surface area contributed by atoms with Crippen molar-refractivity contribution in [2.75, 3.05) is 24.5 Å². The van der Waals surface area contributed by atoms with Crippen molar-refractivity contribution in [2.24, 2.45) is 0 Å². The molecule has 0 radical (unpaired) electrons. The second-order valence-electron chi connectivity index (χ2n) is 9.95. The number of hydrogen-bond acceptors (Lipinski definition) is 4. The highest BCUT2D eigenvalue weighted by Crippen LogP contribution is 2.27. The van der Waals surface area contributed by atoms with Gasteiger partial charge in [-0.3, -0.25) is 19.5 Å². The van der Waals surface area contributed by atoms with E-state index in [0.29, 0.717) is 36.6 Å². The summed E-state index contributed by atoms with van der Waals surface area (Å²) >= 11 is 6.27. The van der Waals surface area contributed by atoms with Crippen LogP contribution in [0.5, 0.6) is 0 Å². The summed E-state index contributed by atoms with van der Waals surface area (Å²) < 4.78 is 0. The van der Waals surface area contributed by atoms with Gasteiger partial charge in [-0.2, -0.15) is 0 Å². The summed E-state index contributed by atoms with van der Waals surface area (Å²) in [6.45, 7) is 5.16. The molecular weight excluding hydrogens is 496 g/mol. The average molecular weight is 533 g/mol. The molecule has 1 N–H and O–H groups in total. The molecule has 2 heterocycles. The predicted octanol–water partition coefficient (Wildman–Crippen LogP) is 6.03. The van der Waals surface area contributed by atoms with Gasteiger partial charge in [-0.15, -0.1) is 0 Å². The van der Waals surface area contributed by atoms with E-state index in [0.717, 1.165) is 54.7 Å². The van der Waals surface area contributed by atoms with Gasteiger partial charge in [0, 0.05) is 61.8 Å². The Hall–Kier alpha value is -3.22. The van der Waals surface area contributed by atoms with Gasteiger partial charge < -0.3 is 10.2 Å². The number of nitrogens with zero attached hydrogens (tertiary/aromatic N) is 3. The number of carbonyl (C=O) groups is 2. The Bertz CT molecular complexity index is 1220. The third-order valence-electron chi connectivity index (χ3n) is 7.03. The topological polar surface area (TPSA) is 65.5 Å². The summed E-state index contributed by atoms with van der Waals surface area (Å²) in [5.74, 6) is -0.0989. The Balaban J connectivity index is 1.57. The van der Waals surface area contributed by atoms with Crippen molar-refractivity contribution < 1.29 is 9.59 Å². The third-order valence-corrected chi connectivity index (χ3v) is 7.40. The second-order valence-corrected chi connectivity index (χ2v) is 10.4. The highest BCUT2D eigenvalue weighted by molar-refractivity contribution is 6.31. The van der Waals surface area contributed by atoms with Crippen LogP contribution >= 0.6 is 11.6 Å². The van der Waals surface area contributed by atoms with Crippen molar-refractivity contribution in [3.63, 3.8) is 0 Å². The zero-order valence-electron chi connectivity index (χ0n) is 22.2. The van der Waals surface area contributed by atoms with Crippen LogP contribution in [0.2, 0.25) is 5.02 Å². The maximum atomic E-state index is 13.1. The molecule has 1 aliphatic rings. The molecule has 0 bridgehead atoms. The first-order valence-electron chi connectivity index (χ1n) is 13.5. The molecular formula is C31H37ClN4O2. The van der Waals surface area contributed by atoms with Crippen LogP contribution in [0.25, 0.3) is 0 Å². The van der Waals surface area contributed by atoms with Crippen LogP contribution in [0.1, 0.15) is 66.1 Å². The number of halogens is 1. The monoisotopic (exact) mass is 532 g/mol. The number of rotatable bonds is 6. The molecule has 2 aromatic carbocycles. The van der Waals surface area contributed by atoms with E-state index in [1.54, 1.807) is 13.1 Å². The zero-order chi connectivity index (χ0) is 26.7. The van der Waals surface area contributed by atoms with E-state index in [1.807, 2.05) is 59.6 Å². The minimum atomic E-state index is -0.126. The van der Waals surface area contributed by atoms with Gasteiger partial charge in [0.25, 0.3) is 5.91 Å². The molecule has 0 unspecified atom stereocenters. The Morgan fingerprint density at radius 3 is 2.53 bits per heavy atom. The van der Waals surface area contributed by atoms with Gasteiger partial charge in [0.15, 0.2) is 0 Å². The fourth-order valence-corrected chi connectivity index (χ4v) is 5.25. The van der Waals surface area contributed by atoms with E-state index in [4.69, 9.17) is 11.6 Å². The normalized spacial score (nSPS) is 15.2. The molecule has 4 rings (SSSR count). The van der Waals surface area contributed by atoms with E-state index in [1.165, 1.54) is 12.8 Å². The molecule has 200 valence electrons. The van der Waals surface area contributed by atoms with E-state index in [9.17, 15) is 9.59 Å². The van der Waals surface area contributed by atoms with Crippen LogP contribution in [0.4, 0.5) is 5.69 Å². The molecule has 3 aromatic rings. The first-order valence-corrected chi connectivity index (χ1v) is 13.9. The van der Waals surface area contributed by atoms with Crippen LogP contribution in [0.15, 0.2) is 67.0 Å². The molecule has 0 saturated carbocycles. The lowest BCUT2D eigenvalue weighted by Gasteiger charge is -2.29. The zero-order valence-corrected chi connectivity index (χ0v) is 22.9. The van der Waals surface area contributed by atoms with E-state index < -0.39 is 0 Å². The second kappa shape index (κ2) is 14.1. The maximum absolute atomic E-state index is 13.1. The number of aromatic nitrogens is 1. The minimum absolute atomic E-state index is 0.0269. The lowest BCUT2D eigenvalue weighted by Crippen LogP contribution is -2.33. The fraction of sp³-hybridized carbons (Fsp3) is 0.387. The van der Waals surface area contributed by atoms with Gasteiger partial charge >= 0.3 is 0 Å². The Kier molecular flexibility index (Phi) is 10.3. The number of carbonyl (C=O) groups excluding carboxylic acids is 2. The summed E-state index contributed by atoms with van der Waals surface area (Å²) in [5.41, 5.74) is 4.64. The molecule has 0 atom stereocenters. The molecule has 0 saturated heterocycles. The number of amides is 2. The van der Waals surface area contributed by atoms with E-state index in [2.05, 4.69) is 21.3 Å². The summed E-state index contributed by atoms with van der Waals surface area (Å²) in [6.07, 6.45) is 9.90. The highest BCUT2D eigenvalue weighted by atomic mass is 35.5. The first-order chi connectivity index (χ1) is 18.5. The molecule has 1 aromatic heterocycles. The van der Waals surface area contributed by atoms with Crippen molar-refractivity contribution in [2.45, 2.75) is 58.5 Å². The number of nitrogens with one attached hydrogen (secondary N) is 1. The van der Waals surface area contributed by atoms with Crippen LogP contribution < -0.4 is 10.2 Å². The quantitative estimate of drug-likeness (QED) is 0.421. The van der Waals surface area contributed by atoms with Crippen molar-refractivity contribution in [1.82, 2.24) is 15.2 Å². The van der Waals surface area contributed by atoms with Crippen LogP contribution in [-0.2, 0) is 24.3 Å². The maximum Gasteiger partial charge on any atom is 0.251 e. The number of hydrogen-bond donors (Lipinski definition) is 1. The molecule has 7 heteroatoms. The van der Waals surface area contributed by atoms with Gasteiger partial charge in [-0.05, 0) is 72.8 Å². The fourth-order valence-electron chi connectivity index (χ4n) is 5.02. The SMILES string of the molecule is CC(=O)N1CCCCCCCN(Cc2cccnc2)Cc2cc(C(=O)NCCc3ccccc3Cl)ccc21. The van der Waals surface area contributed by atoms with Crippen LogP contribution in [-0.4, -0.2) is 41.3 Å². The predicted molar refractivity (Wildman–Crippen MR) is 153 cm³/mol. The Labute approximate surface area is 231 Å². The van der Waals surface area contributed by atoms with Gasteiger partial charge in [-0.1, -0.05) is 55.1 Å². The molecule has 0 spiro atoms. The average Bonchev–Trinajstić information content (AvgIpc) is 2.91. The standard InChI is InChI=1S/C31H37ClN4O2/c1-24(37)36-19-8-4-2-3-7-18-35(22-25-10-9-16-33-21-25)23-28-20-27(13-14-30(28)36)31(38)34-17-15-26-11-5-6-12-29(26)32/h5-6,9-14,16,20-21H,2-4,7-8,15,17-19,22-23H2,1H3,(H,34,38). The summed E-state index contributed by atoms with van der Waals surface area (Å²) in [7, 11) is 0. The van der Waals surface area contributed by atoms with Gasteiger partial charge in [0.05, 0.1) is 0 Å². The molecule has 2 amide bonds. The van der Waals surface area contributed by atoms with Crippen molar-refractivity contribution >= 4 is 29.1 Å². The Morgan fingerprint density at radius 1 is 0.974 bits per heavy atom. The van der Waals surface area contributed by atoms with Crippen molar-refractivity contribution in [3.05, 3.63) is 94.3 Å². The summed E-state index contributed by atoms with van der Waals surface area (Å²) in [4.78, 5) is 34.4. The van der Waals surface area contributed by atoms with Crippen LogP contribution in [0, 0.1) is 0 Å². The smallest absolute Gasteiger partial charge is 0.251 e. The van der Waals surface area contributed by atoms with Crippen LogP contribution in [0.3, 0.4) is 0 Å². The van der Waals surface area contributed by atoms with Crippen molar-refractivity contribution in [3.8, 4) is 0 Å². The van der Waals surface area contributed by atoms with Crippen molar-refractivity contribution in [1.29, 1.82) is 0 Å².